The average Bonchev–Trinajstić information content (AvgIpc) is 2.13. The Morgan fingerprint density at radius 1 is 1.80 bits per heavy atom. The van der Waals surface area contributed by atoms with Crippen LogP contribution >= 0.6 is 0 Å². The first-order chi connectivity index (χ1) is 4.68. The van der Waals surface area contributed by atoms with Crippen molar-refractivity contribution in [1.82, 2.24) is 0 Å². The third-order valence-corrected chi connectivity index (χ3v) is 1.72. The smallest absolute Gasteiger partial charge is 0.309 e. The topological polar surface area (TPSA) is 66.7 Å². The van der Waals surface area contributed by atoms with Crippen molar-refractivity contribution in [1.29, 1.82) is 0 Å². The molecule has 0 aliphatic carbocycles. The highest BCUT2D eigenvalue weighted by atomic mass is 32.2. The van der Waals surface area contributed by atoms with E-state index in [-0.39, 0.29) is 6.42 Å². The van der Waals surface area contributed by atoms with Crippen molar-refractivity contribution in [2.45, 2.75) is 6.42 Å². The summed E-state index contributed by atoms with van der Waals surface area (Å²) in [7, 11) is -1.19. The molecule has 4 nitrogen and oxygen atoms in total. The Kier molecular flexibility index (Phi) is 1.96. The number of hydrogen-bond acceptors (Lipinski definition) is 3. The lowest BCUT2D eigenvalue weighted by Gasteiger charge is -1.87. The zero-order valence-electron chi connectivity index (χ0n) is 4.98. The molecule has 0 saturated carbocycles. The summed E-state index contributed by atoms with van der Waals surface area (Å²) in [4.78, 5) is 13.7. The van der Waals surface area contributed by atoms with Gasteiger partial charge >= 0.3 is 5.97 Å². The highest BCUT2D eigenvalue weighted by Crippen LogP contribution is 2.09. The Morgan fingerprint density at radius 2 is 2.50 bits per heavy atom. The minimum Gasteiger partial charge on any atom is -0.481 e. The molecule has 0 bridgehead atoms. The second kappa shape index (κ2) is 2.74. The maximum atomic E-state index is 10.5. The number of hydrogen-bond donors (Lipinski definition) is 1. The largest absolute Gasteiger partial charge is 0.481 e. The van der Waals surface area contributed by atoms with Gasteiger partial charge in [0.15, 0.2) is 0 Å². The standard InChI is InChI=1S/C5H5NO3S/c7-5(8)1-4-2-10(9)3-6-4/h2-3H,1H2,(H,7,8). The van der Waals surface area contributed by atoms with E-state index in [1.807, 2.05) is 0 Å². The number of rotatable bonds is 2. The summed E-state index contributed by atoms with van der Waals surface area (Å²) < 4.78 is 10.5. The monoisotopic (exact) mass is 159 g/mol. The minimum atomic E-state index is -1.19. The molecule has 0 aromatic rings. The zero-order chi connectivity index (χ0) is 7.56. The second-order valence-electron chi connectivity index (χ2n) is 1.74. The van der Waals surface area contributed by atoms with Gasteiger partial charge in [0.25, 0.3) is 0 Å². The lowest BCUT2D eigenvalue weighted by Crippen LogP contribution is -1.94. The lowest BCUT2D eigenvalue weighted by molar-refractivity contribution is -0.136. The summed E-state index contributed by atoms with van der Waals surface area (Å²) in [5, 5.41) is 9.57. The Balaban J connectivity index is 2.60. The molecule has 1 rings (SSSR count). The van der Waals surface area contributed by atoms with Crippen LogP contribution in [0.2, 0.25) is 0 Å². The zero-order valence-corrected chi connectivity index (χ0v) is 5.80. The van der Waals surface area contributed by atoms with Crippen LogP contribution in [0.25, 0.3) is 0 Å². The van der Waals surface area contributed by atoms with Crippen LogP contribution in [0.5, 0.6) is 0 Å². The second-order valence-corrected chi connectivity index (χ2v) is 2.85. The lowest BCUT2D eigenvalue weighted by atomic mass is 10.4. The molecule has 5 heteroatoms. The van der Waals surface area contributed by atoms with Gasteiger partial charge in [-0.3, -0.25) is 9.79 Å². The van der Waals surface area contributed by atoms with E-state index in [0.29, 0.717) is 5.70 Å². The number of aliphatic carboxylic acids is 1. The Labute approximate surface area is 59.7 Å². The van der Waals surface area contributed by atoms with E-state index in [2.05, 4.69) is 4.99 Å². The van der Waals surface area contributed by atoms with E-state index in [1.165, 1.54) is 11.0 Å². The predicted octanol–water partition coefficient (Wildman–Crippen LogP) is 0.0931. The Hall–Kier alpha value is -0.970. The van der Waals surface area contributed by atoms with Crippen LogP contribution in [0.3, 0.4) is 0 Å². The van der Waals surface area contributed by atoms with Gasteiger partial charge in [0, 0.05) is 5.41 Å². The number of carboxylic acid groups (broad SMARTS) is 1. The van der Waals surface area contributed by atoms with Gasteiger partial charge in [-0.05, 0) is 0 Å². The number of nitrogens with zero attached hydrogens (tertiary/aromatic N) is 1. The first kappa shape index (κ1) is 7.14. The van der Waals surface area contributed by atoms with Crippen molar-refractivity contribution in [2.24, 2.45) is 4.99 Å². The van der Waals surface area contributed by atoms with Gasteiger partial charge in [0.1, 0.15) is 0 Å². The highest BCUT2D eigenvalue weighted by Gasteiger charge is 2.08. The van der Waals surface area contributed by atoms with Crippen LogP contribution in [0.1, 0.15) is 6.42 Å². The summed E-state index contributed by atoms with van der Waals surface area (Å²) >= 11 is 0. The summed E-state index contributed by atoms with van der Waals surface area (Å²) in [6.45, 7) is 0. The molecule has 1 atom stereocenters. The average molecular weight is 159 g/mol. The molecule has 1 aliphatic rings. The van der Waals surface area contributed by atoms with Crippen LogP contribution in [0, 0.1) is 0 Å². The number of aliphatic imine (C=N–C) groups is 1. The molecule has 1 unspecified atom stereocenters. The number of carboxylic acids is 1. The van der Waals surface area contributed by atoms with E-state index in [1.54, 1.807) is 0 Å². The van der Waals surface area contributed by atoms with Crippen molar-refractivity contribution < 1.29 is 14.1 Å². The fourth-order valence-electron chi connectivity index (χ4n) is 0.557. The Bertz CT molecular complexity index is 243. The molecular weight excluding hydrogens is 154 g/mol. The summed E-state index contributed by atoms with van der Waals surface area (Å²) in [5.41, 5.74) is 1.59. The van der Waals surface area contributed by atoms with Crippen LogP contribution < -0.4 is 0 Å². The maximum absolute atomic E-state index is 10.5. The van der Waals surface area contributed by atoms with E-state index < -0.39 is 16.8 Å². The molecule has 1 heterocycles. The van der Waals surface area contributed by atoms with Crippen LogP contribution in [0.4, 0.5) is 0 Å². The van der Waals surface area contributed by atoms with E-state index >= 15 is 0 Å². The van der Waals surface area contributed by atoms with Gasteiger partial charge in [-0.15, -0.1) is 0 Å². The number of carbonyl (C=O) groups is 1. The molecule has 54 valence electrons. The van der Waals surface area contributed by atoms with Crippen LogP contribution in [-0.2, 0) is 15.6 Å². The third-order valence-electron chi connectivity index (χ3n) is 0.907. The molecule has 10 heavy (non-hydrogen) atoms. The summed E-state index contributed by atoms with van der Waals surface area (Å²) in [6, 6.07) is 0. The SMILES string of the molecule is O=C(O)CC1=CS(=O)C=N1. The fraction of sp³-hybridized carbons (Fsp3) is 0.200. The first-order valence-electron chi connectivity index (χ1n) is 2.54. The van der Waals surface area contributed by atoms with Gasteiger partial charge in [0.05, 0.1) is 28.5 Å². The molecule has 0 spiro atoms. The van der Waals surface area contributed by atoms with Crippen molar-refractivity contribution in [3.8, 4) is 0 Å². The normalized spacial score (nSPS) is 22.8. The fourth-order valence-corrected chi connectivity index (χ4v) is 1.27. The molecule has 1 aliphatic heterocycles. The summed E-state index contributed by atoms with van der Waals surface area (Å²) in [6.07, 6.45) is -0.151. The summed E-state index contributed by atoms with van der Waals surface area (Å²) in [5.74, 6) is -0.956. The van der Waals surface area contributed by atoms with Gasteiger partial charge in [-0.25, -0.2) is 4.21 Å². The van der Waals surface area contributed by atoms with E-state index in [4.69, 9.17) is 5.11 Å². The molecule has 0 fully saturated rings. The van der Waals surface area contributed by atoms with Crippen molar-refractivity contribution in [3.05, 3.63) is 11.1 Å². The van der Waals surface area contributed by atoms with E-state index in [9.17, 15) is 9.00 Å². The molecule has 1 N–H and O–H groups in total. The molecule has 0 amide bonds. The quantitative estimate of drug-likeness (QED) is 0.621. The minimum absolute atomic E-state index is 0.151. The predicted molar refractivity (Wildman–Crippen MR) is 37.0 cm³/mol. The molecular formula is C5H5NO3S. The highest BCUT2D eigenvalue weighted by molar-refractivity contribution is 8.01. The molecule has 0 saturated heterocycles. The molecule has 0 aromatic heterocycles. The van der Waals surface area contributed by atoms with E-state index in [0.717, 1.165) is 0 Å². The van der Waals surface area contributed by atoms with Gasteiger partial charge in [-0.1, -0.05) is 0 Å². The maximum Gasteiger partial charge on any atom is 0.309 e. The first-order valence-corrected chi connectivity index (χ1v) is 3.82. The van der Waals surface area contributed by atoms with Crippen molar-refractivity contribution in [3.63, 3.8) is 0 Å². The Morgan fingerprint density at radius 3 is 2.90 bits per heavy atom. The van der Waals surface area contributed by atoms with Crippen LogP contribution in [-0.4, -0.2) is 20.8 Å². The molecule has 0 aromatic carbocycles. The van der Waals surface area contributed by atoms with Gasteiger partial charge < -0.3 is 5.11 Å². The van der Waals surface area contributed by atoms with Gasteiger partial charge in [-0.2, -0.15) is 0 Å². The van der Waals surface area contributed by atoms with Gasteiger partial charge in [0.2, 0.25) is 0 Å². The van der Waals surface area contributed by atoms with Crippen molar-refractivity contribution in [2.75, 3.05) is 0 Å². The molecule has 0 radical (unpaired) electrons. The third kappa shape index (κ3) is 1.77. The van der Waals surface area contributed by atoms with Crippen molar-refractivity contribution >= 4 is 22.3 Å². The van der Waals surface area contributed by atoms with Crippen LogP contribution in [0.15, 0.2) is 16.1 Å².